The number of aromatic nitrogens is 1. The lowest BCUT2D eigenvalue weighted by atomic mass is 10.0. The van der Waals surface area contributed by atoms with Crippen molar-refractivity contribution in [3.63, 3.8) is 0 Å². The summed E-state index contributed by atoms with van der Waals surface area (Å²) in [6, 6.07) is 15.8. The molecule has 0 fully saturated rings. The number of nitrogens with zero attached hydrogens (tertiary/aromatic N) is 3. The Morgan fingerprint density at radius 2 is 1.50 bits per heavy atom. The van der Waals surface area contributed by atoms with Crippen molar-refractivity contribution in [1.29, 1.82) is 0 Å². The average molecular weight is 994 g/mol. The summed E-state index contributed by atoms with van der Waals surface area (Å²) in [5.74, 6) is 0.574. The van der Waals surface area contributed by atoms with Crippen molar-refractivity contribution in [3.05, 3.63) is 80.5 Å². The Hall–Kier alpha value is -5.32. The van der Waals surface area contributed by atoms with Gasteiger partial charge in [-0.3, -0.25) is 28.8 Å². The molecule has 1 unspecified atom stereocenters. The van der Waals surface area contributed by atoms with E-state index in [1.807, 2.05) is 36.4 Å². The topological polar surface area (TPSA) is 208 Å². The third kappa shape index (κ3) is 16.6. The number of carbonyl (C=O) groups excluding carboxylic acids is 1. The van der Waals surface area contributed by atoms with E-state index in [1.165, 1.54) is 32.4 Å². The average Bonchev–Trinajstić information content (AvgIpc) is 3.35. The van der Waals surface area contributed by atoms with Crippen molar-refractivity contribution in [2.75, 3.05) is 58.6 Å². The van der Waals surface area contributed by atoms with Crippen LogP contribution in [0.3, 0.4) is 0 Å². The number of unbranched alkanes of at least 4 members (excludes halogenated alkanes) is 13. The highest BCUT2D eigenvalue weighted by molar-refractivity contribution is 7.47. The molecule has 1 aliphatic heterocycles. The van der Waals surface area contributed by atoms with Crippen LogP contribution in [0.2, 0.25) is 0 Å². The summed E-state index contributed by atoms with van der Waals surface area (Å²) < 4.78 is 57.5. The summed E-state index contributed by atoms with van der Waals surface area (Å²) in [6.07, 6.45) is 14.4. The zero-order valence-corrected chi connectivity index (χ0v) is 42.5. The van der Waals surface area contributed by atoms with Gasteiger partial charge in [-0.05, 0) is 63.4 Å². The minimum atomic E-state index is -4.75. The smallest absolute Gasteiger partial charge is 0.472 e. The van der Waals surface area contributed by atoms with Gasteiger partial charge in [0, 0.05) is 49.3 Å². The summed E-state index contributed by atoms with van der Waals surface area (Å²) in [5, 5.41) is 13.1. The summed E-state index contributed by atoms with van der Waals surface area (Å²) in [5.41, 5.74) is 2.38. The molecule has 0 radical (unpaired) electrons. The molecule has 2 atom stereocenters. The van der Waals surface area contributed by atoms with Crippen LogP contribution in [0.4, 0.5) is 11.4 Å². The van der Waals surface area contributed by atoms with Gasteiger partial charge in [0.25, 0.3) is 0 Å². The molecule has 70 heavy (non-hydrogen) atoms. The number of methoxy groups -OCH3 is 2. The second-order valence-electron chi connectivity index (χ2n) is 17.3. The van der Waals surface area contributed by atoms with Crippen LogP contribution in [0.15, 0.2) is 63.8 Å². The fraction of sp³-hybridized carbons (Fsp3) is 0.558. The van der Waals surface area contributed by atoms with Crippen molar-refractivity contribution < 1.29 is 56.3 Å². The third-order valence-electron chi connectivity index (χ3n) is 12.2. The number of nitro benzene ring substituents is 1. The number of anilines is 1. The Balaban J connectivity index is 0.984. The predicted molar refractivity (Wildman–Crippen MR) is 270 cm³/mol. The summed E-state index contributed by atoms with van der Waals surface area (Å²) in [4.78, 5) is 54.6. The minimum absolute atomic E-state index is 0.0310. The number of phosphoric ester groups is 1. The van der Waals surface area contributed by atoms with Crippen molar-refractivity contribution >= 4 is 47.0 Å². The van der Waals surface area contributed by atoms with Gasteiger partial charge in [-0.2, -0.15) is 0 Å². The molecule has 0 bridgehead atoms. The molecule has 1 N–H and O–H groups in total. The van der Waals surface area contributed by atoms with Crippen LogP contribution in [-0.4, -0.2) is 80.6 Å². The van der Waals surface area contributed by atoms with Gasteiger partial charge in [-0.25, -0.2) is 9.55 Å². The first-order valence-corrected chi connectivity index (χ1v) is 26.4. The molecule has 0 saturated carbocycles. The number of hydrogen-bond donors (Lipinski definition) is 1. The number of nitro groups is 1. The second kappa shape index (κ2) is 29.1. The Bertz CT molecular complexity index is 2500. The van der Waals surface area contributed by atoms with E-state index in [-0.39, 0.29) is 35.5 Å². The molecule has 0 amide bonds. The number of rotatable bonds is 35. The van der Waals surface area contributed by atoms with E-state index in [4.69, 9.17) is 42.1 Å². The highest BCUT2D eigenvalue weighted by atomic mass is 31.2. The quantitative estimate of drug-likeness (QED) is 0.00761. The molecular weight excluding hydrogens is 922 g/mol. The normalized spacial score (nSPS) is 12.8. The van der Waals surface area contributed by atoms with Gasteiger partial charge in [0.1, 0.15) is 23.1 Å². The maximum Gasteiger partial charge on any atom is 0.472 e. The number of ether oxygens (including phenoxy) is 5. The van der Waals surface area contributed by atoms with Crippen LogP contribution in [0.5, 0.6) is 17.2 Å². The maximum atomic E-state index is 13.2. The van der Waals surface area contributed by atoms with Gasteiger partial charge >= 0.3 is 19.5 Å². The number of benzene rings is 4. The molecule has 0 spiro atoms. The van der Waals surface area contributed by atoms with Gasteiger partial charge < -0.3 is 37.9 Å². The molecule has 3 aromatic rings. The van der Waals surface area contributed by atoms with Crippen LogP contribution < -0.4 is 24.5 Å². The number of phosphoric acid groups is 1. The Kier molecular flexibility index (Phi) is 23.1. The lowest BCUT2D eigenvalue weighted by molar-refractivity contribution is -0.386. The zero-order valence-electron chi connectivity index (χ0n) is 41.6. The summed E-state index contributed by atoms with van der Waals surface area (Å²) >= 11 is 0. The van der Waals surface area contributed by atoms with Crippen LogP contribution in [-0.2, 0) is 34.5 Å². The first-order valence-electron chi connectivity index (χ1n) is 24.9. The van der Waals surface area contributed by atoms with E-state index in [2.05, 4.69) is 25.7 Å². The van der Waals surface area contributed by atoms with E-state index in [1.54, 1.807) is 0 Å². The number of hydrogen-bond acceptors (Lipinski definition) is 15. The maximum absolute atomic E-state index is 13.2. The van der Waals surface area contributed by atoms with E-state index >= 15 is 0 Å². The zero-order chi connectivity index (χ0) is 50.3. The number of carbonyl (C=O) groups is 1. The van der Waals surface area contributed by atoms with Crippen LogP contribution >= 0.6 is 7.82 Å². The molecule has 1 aliphatic carbocycles. The van der Waals surface area contributed by atoms with E-state index in [0.29, 0.717) is 53.2 Å². The molecule has 384 valence electrons. The van der Waals surface area contributed by atoms with Crippen molar-refractivity contribution in [2.24, 2.45) is 0 Å². The Morgan fingerprint density at radius 1 is 0.814 bits per heavy atom. The standard InChI is InChI=1S/C52H72N3O14P/c1-6-9-10-17-20-26-48(57)68-40(37-67-70(60,61)66-35-38-27-30-45(62-4)52(63-5)51(38)55(58)59)36-64-31-21-18-15-13-11-12-14-16-19-22-32-65-44-25-23-24-41-43(56)34-47-50(49(41)44)53-42-29-28-39(33-46(42)69-47)54(7-2)8-3/h23-25,27-30,33-34,40H,6-22,26,31-32,35-37H2,1-5H3,(H,60,61)/t40-/m1/s1. The first-order chi connectivity index (χ1) is 33.9. The van der Waals surface area contributed by atoms with E-state index in [9.17, 15) is 29.2 Å². The van der Waals surface area contributed by atoms with E-state index < -0.39 is 43.7 Å². The van der Waals surface area contributed by atoms with Crippen molar-refractivity contribution in [3.8, 4) is 28.7 Å². The van der Waals surface area contributed by atoms with Gasteiger partial charge in [-0.15, -0.1) is 0 Å². The SMILES string of the molecule is CCCCCCCC(=O)O[C@H](COCCCCCCCCCCCCOc1cccc2c(=O)cc3oc4cc(N(CC)CC)ccc4nc-3c12)COP(=O)(O)OCc1ccc(OC)c(OC)c1[N+](=O)[O-]. The second-order valence-corrected chi connectivity index (χ2v) is 18.7. The predicted octanol–water partition coefficient (Wildman–Crippen LogP) is 12.1. The summed E-state index contributed by atoms with van der Waals surface area (Å²) in [7, 11) is -2.18. The molecule has 0 aromatic heterocycles. The first kappa shape index (κ1) is 55.6. The van der Waals surface area contributed by atoms with Crippen molar-refractivity contribution in [1.82, 2.24) is 4.98 Å². The number of fused-ring (bicyclic) bond motifs is 4. The van der Waals surface area contributed by atoms with Gasteiger partial charge in [0.2, 0.25) is 5.75 Å². The van der Waals surface area contributed by atoms with Gasteiger partial charge in [0.15, 0.2) is 22.5 Å². The fourth-order valence-electron chi connectivity index (χ4n) is 8.36. The van der Waals surface area contributed by atoms with Crippen LogP contribution in [0.1, 0.15) is 129 Å². The number of esters is 1. The monoisotopic (exact) mass is 993 g/mol. The fourth-order valence-corrected chi connectivity index (χ4v) is 9.10. The van der Waals surface area contributed by atoms with Crippen LogP contribution in [0.25, 0.3) is 33.3 Å². The lowest BCUT2D eigenvalue weighted by Gasteiger charge is -2.21. The van der Waals surface area contributed by atoms with E-state index in [0.717, 1.165) is 114 Å². The lowest BCUT2D eigenvalue weighted by Crippen LogP contribution is -2.28. The van der Waals surface area contributed by atoms with Crippen molar-refractivity contribution in [2.45, 2.75) is 136 Å². The highest BCUT2D eigenvalue weighted by Crippen LogP contribution is 2.47. The molecule has 2 aliphatic rings. The molecular formula is C52H72N3O14P. The Labute approximate surface area is 411 Å². The summed E-state index contributed by atoms with van der Waals surface area (Å²) in [6.45, 7) is 7.87. The van der Waals surface area contributed by atoms with Gasteiger partial charge in [-0.1, -0.05) is 96.1 Å². The van der Waals surface area contributed by atoms with Crippen LogP contribution in [0, 0.1) is 10.1 Å². The molecule has 18 heteroatoms. The highest BCUT2D eigenvalue weighted by Gasteiger charge is 2.30. The molecule has 1 heterocycles. The molecule has 5 rings (SSSR count). The molecule has 17 nitrogen and oxygen atoms in total. The largest absolute Gasteiger partial charge is 0.493 e. The van der Waals surface area contributed by atoms with Gasteiger partial charge in [0.05, 0.1) is 56.5 Å². The molecule has 3 aromatic carbocycles. The Morgan fingerprint density at radius 3 is 2.17 bits per heavy atom. The minimum Gasteiger partial charge on any atom is -0.493 e. The third-order valence-corrected chi connectivity index (χ3v) is 13.1. The molecule has 0 saturated heterocycles.